The number of rotatable bonds is 10. The number of phenols is 1. The lowest BCUT2D eigenvalue weighted by atomic mass is 9.77. The molecule has 1 aromatic heterocycles. The van der Waals surface area contributed by atoms with Gasteiger partial charge >= 0.3 is 11.3 Å². The van der Waals surface area contributed by atoms with Crippen molar-refractivity contribution in [3.63, 3.8) is 0 Å². The second-order valence-corrected chi connectivity index (χ2v) is 12.0. The molecular formula is C27H30N6O7S2. The van der Waals surface area contributed by atoms with E-state index in [9.17, 15) is 24.3 Å². The molecule has 1 aliphatic heterocycles. The minimum Gasteiger partial charge on any atom is -0.505 e. The van der Waals surface area contributed by atoms with Crippen molar-refractivity contribution in [2.75, 3.05) is 17.2 Å². The van der Waals surface area contributed by atoms with Crippen LogP contribution in [0.25, 0.3) is 0 Å². The lowest BCUT2D eigenvalue weighted by Gasteiger charge is -2.34. The van der Waals surface area contributed by atoms with E-state index < -0.39 is 22.6 Å². The summed E-state index contributed by atoms with van der Waals surface area (Å²) in [5.74, 6) is -0.516. The van der Waals surface area contributed by atoms with Gasteiger partial charge < -0.3 is 25.2 Å². The lowest BCUT2D eigenvalue weighted by Crippen LogP contribution is -2.33. The van der Waals surface area contributed by atoms with Crippen molar-refractivity contribution in [2.45, 2.75) is 68.3 Å². The first kappa shape index (κ1) is 30.8. The number of carbonyl (C=O) groups is 4. The van der Waals surface area contributed by atoms with Gasteiger partial charge in [-0.25, -0.2) is 9.48 Å². The fraction of sp³-hybridized carbons (Fsp3) is 0.370. The number of aromatic hydroxyl groups is 1. The molecule has 3 N–H and O–H groups in total. The fourth-order valence-electron chi connectivity index (χ4n) is 4.28. The summed E-state index contributed by atoms with van der Waals surface area (Å²) in [6.07, 6.45) is 0.877. The van der Waals surface area contributed by atoms with E-state index in [1.807, 2.05) is 20.8 Å². The van der Waals surface area contributed by atoms with Crippen LogP contribution in [0.5, 0.6) is 11.5 Å². The monoisotopic (exact) mass is 614 g/mol. The number of fused-ring (bicyclic) bond motifs is 1. The minimum atomic E-state index is -0.710. The first-order valence-electron chi connectivity index (χ1n) is 13.0. The van der Waals surface area contributed by atoms with Crippen LogP contribution in [-0.4, -0.2) is 55.0 Å². The maximum Gasteiger partial charge on any atom is 0.377 e. The van der Waals surface area contributed by atoms with E-state index in [1.54, 1.807) is 30.3 Å². The largest absolute Gasteiger partial charge is 0.505 e. The van der Waals surface area contributed by atoms with Crippen LogP contribution in [0.15, 0.2) is 40.4 Å². The topological polar surface area (TPSA) is 175 Å². The number of thioether (sulfide) groups is 2. The summed E-state index contributed by atoms with van der Waals surface area (Å²) in [7, 11) is 0. The van der Waals surface area contributed by atoms with Crippen LogP contribution in [-0.2, 0) is 36.8 Å². The zero-order valence-electron chi connectivity index (χ0n) is 23.4. The molecule has 42 heavy (non-hydrogen) atoms. The Morgan fingerprint density at radius 3 is 2.64 bits per heavy atom. The van der Waals surface area contributed by atoms with E-state index in [0.29, 0.717) is 40.5 Å². The average Bonchev–Trinajstić information content (AvgIpc) is 3.34. The normalized spacial score (nSPS) is 13.6. The van der Waals surface area contributed by atoms with Crippen LogP contribution >= 0.6 is 23.5 Å². The molecule has 2 heterocycles. The van der Waals surface area contributed by atoms with Gasteiger partial charge in [-0.2, -0.15) is 0 Å². The number of carbonyl (C=O) groups excluding carboxylic acids is 4. The minimum absolute atomic E-state index is 0.0702. The molecule has 0 saturated carbocycles. The van der Waals surface area contributed by atoms with Crippen molar-refractivity contribution >= 4 is 58.0 Å². The van der Waals surface area contributed by atoms with Crippen molar-refractivity contribution in [3.8, 4) is 11.5 Å². The molecular weight excluding hydrogens is 584 g/mol. The molecule has 13 nitrogen and oxygen atoms in total. The summed E-state index contributed by atoms with van der Waals surface area (Å²) in [5, 5.41) is 27.5. The molecule has 0 fully saturated rings. The Balaban J connectivity index is 1.41. The van der Waals surface area contributed by atoms with Gasteiger partial charge in [-0.05, 0) is 52.4 Å². The zero-order valence-corrected chi connectivity index (χ0v) is 25.1. The number of esters is 1. The molecule has 2 aromatic carbocycles. The molecule has 0 spiro atoms. The summed E-state index contributed by atoms with van der Waals surface area (Å²) in [6, 6.07) is 8.34. The van der Waals surface area contributed by atoms with E-state index >= 15 is 0 Å². The van der Waals surface area contributed by atoms with Gasteiger partial charge in [0.15, 0.2) is 0 Å². The number of tetrazole rings is 1. The van der Waals surface area contributed by atoms with Gasteiger partial charge in [-0.1, -0.05) is 44.7 Å². The van der Waals surface area contributed by atoms with Crippen LogP contribution < -0.4 is 15.4 Å². The van der Waals surface area contributed by atoms with Gasteiger partial charge in [0.1, 0.15) is 18.0 Å². The molecule has 0 radical (unpaired) electrons. The first-order chi connectivity index (χ1) is 20.0. The number of amides is 2. The van der Waals surface area contributed by atoms with E-state index in [1.165, 1.54) is 23.4 Å². The highest BCUT2D eigenvalue weighted by atomic mass is 32.2. The predicted octanol–water partition coefficient (Wildman–Crippen LogP) is 4.49. The molecule has 0 saturated heterocycles. The van der Waals surface area contributed by atoms with Gasteiger partial charge in [0, 0.05) is 40.7 Å². The number of phenolic OH excluding ortho intramolecular Hbond substituents is 1. The third-order valence-electron chi connectivity index (χ3n) is 6.05. The third kappa shape index (κ3) is 7.59. The molecule has 2 amide bonds. The number of nitrogens with one attached hydrogen (secondary N) is 2. The van der Waals surface area contributed by atoms with E-state index in [4.69, 9.17) is 9.47 Å². The van der Waals surface area contributed by atoms with Crippen LogP contribution in [0.3, 0.4) is 0 Å². The Hall–Kier alpha value is -4.11. The molecule has 222 valence electrons. The molecule has 3 aromatic rings. The van der Waals surface area contributed by atoms with E-state index in [2.05, 4.69) is 26.2 Å². The van der Waals surface area contributed by atoms with Crippen molar-refractivity contribution in [2.24, 2.45) is 0 Å². The maximum absolute atomic E-state index is 12.8. The molecule has 0 atom stereocenters. The van der Waals surface area contributed by atoms with Crippen molar-refractivity contribution in [3.05, 3.63) is 41.5 Å². The van der Waals surface area contributed by atoms with Gasteiger partial charge in [-0.3, -0.25) is 14.4 Å². The van der Waals surface area contributed by atoms with Gasteiger partial charge in [-0.15, -0.1) is 5.10 Å². The Morgan fingerprint density at radius 1 is 1.21 bits per heavy atom. The number of benzene rings is 2. The lowest BCUT2D eigenvalue weighted by molar-refractivity contribution is -0.144. The summed E-state index contributed by atoms with van der Waals surface area (Å²) in [5.41, 5.74) is 1.11. The second kappa shape index (κ2) is 13.2. The highest BCUT2D eigenvalue weighted by Crippen LogP contribution is 2.50. The van der Waals surface area contributed by atoms with E-state index in [-0.39, 0.29) is 41.0 Å². The van der Waals surface area contributed by atoms with Crippen molar-refractivity contribution in [1.29, 1.82) is 0 Å². The van der Waals surface area contributed by atoms with Crippen LogP contribution in [0.4, 0.5) is 16.2 Å². The number of ether oxygens (including phenoxy) is 2. The number of hydrogen-bond acceptors (Lipinski definition) is 12. The van der Waals surface area contributed by atoms with E-state index in [0.717, 1.165) is 12.0 Å². The molecule has 0 aliphatic carbocycles. The van der Waals surface area contributed by atoms with Crippen molar-refractivity contribution < 1.29 is 33.8 Å². The maximum atomic E-state index is 12.8. The molecule has 1 aliphatic rings. The van der Waals surface area contributed by atoms with Crippen LogP contribution in [0, 0.1) is 0 Å². The average molecular weight is 615 g/mol. The Bertz CT molecular complexity index is 1510. The van der Waals surface area contributed by atoms with Crippen molar-refractivity contribution in [1.82, 2.24) is 20.2 Å². The third-order valence-corrected chi connectivity index (χ3v) is 7.87. The van der Waals surface area contributed by atoms with Gasteiger partial charge in [0.25, 0.3) is 0 Å². The van der Waals surface area contributed by atoms with Gasteiger partial charge in [0.05, 0.1) is 12.3 Å². The number of aromatic nitrogens is 4. The predicted molar refractivity (Wildman–Crippen MR) is 156 cm³/mol. The molecule has 0 bridgehead atoms. The summed E-state index contributed by atoms with van der Waals surface area (Å²) in [4.78, 5) is 49.1. The second-order valence-electron chi connectivity index (χ2n) is 10.0. The highest BCUT2D eigenvalue weighted by molar-refractivity contribution is 8.13. The Morgan fingerprint density at radius 2 is 1.95 bits per heavy atom. The fourth-order valence-corrected chi connectivity index (χ4v) is 5.86. The quantitative estimate of drug-likeness (QED) is 0.166. The molecule has 4 rings (SSSR count). The summed E-state index contributed by atoms with van der Waals surface area (Å²) in [6.45, 7) is 7.08. The number of hydrogen-bond donors (Lipinski definition) is 3. The number of nitrogens with zero attached hydrogens (tertiary/aromatic N) is 4. The molecule has 0 unspecified atom stereocenters. The standard InChI is InChI=1S/C27H30N6O7S2/c1-5-10-39-21(36)13-33-25(30-31-32-33)41-14-16-6-8-17(9-7-16)40-26(38)42-19-11-18-22(24(37)23(19)28-15(2)34)27(3,4)12-20(35)29-18/h6-9,11,37H,5,10,12-14H2,1-4H3,(H,28,34)(H,29,35). The van der Waals surface area contributed by atoms with Crippen LogP contribution in [0.1, 0.15) is 51.7 Å². The SMILES string of the molecule is CCCOC(=O)Cn1nnnc1SCc1ccc(OC(=O)Sc2cc3c(c(O)c2NC(C)=O)C(C)(C)CC(=O)N3)cc1. The smallest absolute Gasteiger partial charge is 0.377 e. The first-order valence-corrected chi connectivity index (χ1v) is 14.8. The zero-order chi connectivity index (χ0) is 30.4. The number of anilines is 2. The van der Waals surface area contributed by atoms with Gasteiger partial charge in [0.2, 0.25) is 17.0 Å². The van der Waals surface area contributed by atoms with Crippen LogP contribution in [0.2, 0.25) is 0 Å². The molecule has 15 heteroatoms. The highest BCUT2D eigenvalue weighted by Gasteiger charge is 2.37. The Kier molecular flexibility index (Phi) is 9.73. The summed E-state index contributed by atoms with van der Waals surface area (Å²) >= 11 is 2.00. The summed E-state index contributed by atoms with van der Waals surface area (Å²) < 4.78 is 11.9. The Labute approximate surface area is 250 Å².